The lowest BCUT2D eigenvalue weighted by atomic mass is 10.0. The van der Waals surface area contributed by atoms with Gasteiger partial charge in [-0.25, -0.2) is 4.99 Å². The SMILES string of the molecule is CCN(CC)C(C)C(=O)c1ccc(N=C(C)N(C)C)c(N)c1. The minimum atomic E-state index is -0.146. The Balaban J connectivity index is 3.03. The molecule has 1 rings (SSSR count). The van der Waals surface area contributed by atoms with E-state index in [9.17, 15) is 4.79 Å². The zero-order valence-electron chi connectivity index (χ0n) is 14.6. The first kappa shape index (κ1) is 18.2. The average molecular weight is 304 g/mol. The second kappa shape index (κ2) is 7.94. The van der Waals surface area contributed by atoms with Crippen molar-refractivity contribution in [2.24, 2.45) is 4.99 Å². The number of carbonyl (C=O) groups excluding carboxylic acids is 1. The molecule has 0 heterocycles. The van der Waals surface area contributed by atoms with Gasteiger partial charge in [0.25, 0.3) is 0 Å². The van der Waals surface area contributed by atoms with Crippen molar-refractivity contribution in [1.82, 2.24) is 9.80 Å². The van der Waals surface area contributed by atoms with Gasteiger partial charge < -0.3 is 10.6 Å². The van der Waals surface area contributed by atoms with Crippen LogP contribution >= 0.6 is 0 Å². The molecule has 1 atom stereocenters. The summed E-state index contributed by atoms with van der Waals surface area (Å²) in [5, 5.41) is 0. The van der Waals surface area contributed by atoms with Crippen LogP contribution in [0.1, 0.15) is 38.1 Å². The number of ketones is 1. The first-order chi connectivity index (χ1) is 10.3. The summed E-state index contributed by atoms with van der Waals surface area (Å²) in [7, 11) is 3.86. The van der Waals surface area contributed by atoms with Crippen LogP contribution in [0.4, 0.5) is 11.4 Å². The predicted octanol–water partition coefficient (Wildman–Crippen LogP) is 2.79. The molecule has 0 saturated heterocycles. The van der Waals surface area contributed by atoms with E-state index in [1.807, 2.05) is 38.9 Å². The van der Waals surface area contributed by atoms with E-state index >= 15 is 0 Å². The lowest BCUT2D eigenvalue weighted by molar-refractivity contribution is 0.0851. The number of nitrogens with zero attached hydrogens (tertiary/aromatic N) is 3. The van der Waals surface area contributed by atoms with E-state index in [1.54, 1.807) is 12.1 Å². The van der Waals surface area contributed by atoms with Gasteiger partial charge in [0.15, 0.2) is 5.78 Å². The number of anilines is 1. The number of carbonyl (C=O) groups is 1. The summed E-state index contributed by atoms with van der Waals surface area (Å²) in [5.41, 5.74) is 7.91. The normalized spacial score (nSPS) is 13.3. The molecule has 0 aliphatic carbocycles. The van der Waals surface area contributed by atoms with E-state index < -0.39 is 0 Å². The van der Waals surface area contributed by atoms with Gasteiger partial charge in [0.05, 0.1) is 17.4 Å². The molecule has 1 unspecified atom stereocenters. The fourth-order valence-corrected chi connectivity index (χ4v) is 2.26. The van der Waals surface area contributed by atoms with Gasteiger partial charge in [-0.1, -0.05) is 13.8 Å². The quantitative estimate of drug-likeness (QED) is 0.380. The molecule has 1 aromatic rings. The highest BCUT2D eigenvalue weighted by atomic mass is 16.1. The van der Waals surface area contributed by atoms with Crippen molar-refractivity contribution in [2.75, 3.05) is 32.9 Å². The van der Waals surface area contributed by atoms with Crippen molar-refractivity contribution in [1.29, 1.82) is 0 Å². The lowest BCUT2D eigenvalue weighted by Gasteiger charge is -2.25. The third kappa shape index (κ3) is 4.31. The summed E-state index contributed by atoms with van der Waals surface area (Å²) >= 11 is 0. The summed E-state index contributed by atoms with van der Waals surface area (Å²) in [5.74, 6) is 0.956. The van der Waals surface area contributed by atoms with Gasteiger partial charge in [0.2, 0.25) is 0 Å². The predicted molar refractivity (Wildman–Crippen MR) is 94.0 cm³/mol. The molecule has 1 aromatic carbocycles. The molecule has 22 heavy (non-hydrogen) atoms. The number of benzene rings is 1. The summed E-state index contributed by atoms with van der Waals surface area (Å²) in [6, 6.07) is 5.20. The van der Waals surface area contributed by atoms with Crippen molar-refractivity contribution < 1.29 is 4.79 Å². The molecule has 0 bridgehead atoms. The molecule has 122 valence electrons. The number of Topliss-reactive ketones (excluding diaryl/α,β-unsaturated/α-hetero) is 1. The fourth-order valence-electron chi connectivity index (χ4n) is 2.26. The van der Waals surface area contributed by atoms with Crippen LogP contribution < -0.4 is 5.73 Å². The lowest BCUT2D eigenvalue weighted by Crippen LogP contribution is -2.38. The van der Waals surface area contributed by atoms with Crippen LogP contribution in [-0.2, 0) is 0 Å². The monoisotopic (exact) mass is 304 g/mol. The number of aliphatic imine (C=N–C) groups is 1. The number of amidine groups is 1. The van der Waals surface area contributed by atoms with Gasteiger partial charge in [-0.05, 0) is 45.1 Å². The molecule has 0 radical (unpaired) electrons. The van der Waals surface area contributed by atoms with Crippen molar-refractivity contribution in [3.63, 3.8) is 0 Å². The van der Waals surface area contributed by atoms with Crippen LogP contribution in [0.2, 0.25) is 0 Å². The maximum Gasteiger partial charge on any atom is 0.179 e. The van der Waals surface area contributed by atoms with Crippen LogP contribution in [0.5, 0.6) is 0 Å². The number of nitrogen functional groups attached to an aromatic ring is 1. The van der Waals surface area contributed by atoms with Gasteiger partial charge in [0, 0.05) is 19.7 Å². The Kier molecular flexibility index (Phi) is 6.56. The van der Waals surface area contributed by atoms with E-state index in [0.29, 0.717) is 16.9 Å². The molecule has 0 aromatic heterocycles. The molecule has 0 aliphatic rings. The third-order valence-electron chi connectivity index (χ3n) is 3.98. The highest BCUT2D eigenvalue weighted by Gasteiger charge is 2.20. The molecule has 5 nitrogen and oxygen atoms in total. The minimum absolute atomic E-state index is 0.0928. The van der Waals surface area contributed by atoms with Gasteiger partial charge in [-0.2, -0.15) is 0 Å². The smallest absolute Gasteiger partial charge is 0.179 e. The summed E-state index contributed by atoms with van der Waals surface area (Å²) in [6.07, 6.45) is 0. The number of likely N-dealkylation sites (N-methyl/N-ethyl adjacent to an activating group) is 1. The zero-order chi connectivity index (χ0) is 16.9. The van der Waals surface area contributed by atoms with Crippen molar-refractivity contribution >= 4 is 23.0 Å². The Morgan fingerprint density at radius 3 is 2.32 bits per heavy atom. The first-order valence-corrected chi connectivity index (χ1v) is 7.72. The number of hydrogen-bond donors (Lipinski definition) is 1. The maximum absolute atomic E-state index is 12.6. The van der Waals surface area contributed by atoms with Gasteiger partial charge in [0.1, 0.15) is 5.84 Å². The van der Waals surface area contributed by atoms with Gasteiger partial charge >= 0.3 is 0 Å². The van der Waals surface area contributed by atoms with Crippen molar-refractivity contribution in [3.05, 3.63) is 23.8 Å². The molecule has 0 saturated carbocycles. The van der Waals surface area contributed by atoms with Crippen LogP contribution in [0.15, 0.2) is 23.2 Å². The average Bonchev–Trinajstić information content (AvgIpc) is 2.49. The van der Waals surface area contributed by atoms with Crippen LogP contribution in [-0.4, -0.2) is 54.6 Å². The fraction of sp³-hybridized carbons (Fsp3) is 0.529. The topological polar surface area (TPSA) is 61.9 Å². The Hall–Kier alpha value is -1.88. The van der Waals surface area contributed by atoms with E-state index in [2.05, 4.69) is 23.7 Å². The van der Waals surface area contributed by atoms with E-state index in [-0.39, 0.29) is 11.8 Å². The maximum atomic E-state index is 12.6. The second-order valence-corrected chi connectivity index (χ2v) is 5.59. The van der Waals surface area contributed by atoms with E-state index in [0.717, 1.165) is 18.9 Å². The van der Waals surface area contributed by atoms with E-state index in [1.165, 1.54) is 0 Å². The molecule has 0 amide bonds. The molecular formula is C17H28N4O. The van der Waals surface area contributed by atoms with Crippen molar-refractivity contribution in [2.45, 2.75) is 33.7 Å². The van der Waals surface area contributed by atoms with Crippen molar-refractivity contribution in [3.8, 4) is 0 Å². The number of hydrogen-bond acceptors (Lipinski definition) is 4. The van der Waals surface area contributed by atoms with Crippen LogP contribution in [0.25, 0.3) is 0 Å². The van der Waals surface area contributed by atoms with Crippen LogP contribution in [0.3, 0.4) is 0 Å². The molecule has 0 fully saturated rings. The molecular weight excluding hydrogens is 276 g/mol. The summed E-state index contributed by atoms with van der Waals surface area (Å²) in [4.78, 5) is 21.1. The number of rotatable bonds is 6. The standard InChI is InChI=1S/C17H28N4O/c1-7-21(8-2)12(3)17(22)14-9-10-16(15(18)11-14)19-13(4)20(5)6/h9-12H,7-8,18H2,1-6H3. The van der Waals surface area contributed by atoms with Crippen LogP contribution in [0, 0.1) is 0 Å². The highest BCUT2D eigenvalue weighted by molar-refractivity contribution is 6.01. The highest BCUT2D eigenvalue weighted by Crippen LogP contribution is 2.24. The second-order valence-electron chi connectivity index (χ2n) is 5.59. The Morgan fingerprint density at radius 1 is 1.27 bits per heavy atom. The summed E-state index contributed by atoms with van der Waals surface area (Å²) in [6.45, 7) is 9.67. The third-order valence-corrected chi connectivity index (χ3v) is 3.98. The van der Waals surface area contributed by atoms with E-state index in [4.69, 9.17) is 5.73 Å². The molecule has 0 aliphatic heterocycles. The minimum Gasteiger partial charge on any atom is -0.397 e. The molecule has 2 N–H and O–H groups in total. The summed E-state index contributed by atoms with van der Waals surface area (Å²) < 4.78 is 0. The Bertz CT molecular complexity index is 548. The van der Waals surface area contributed by atoms with Gasteiger partial charge in [-0.3, -0.25) is 9.69 Å². The Labute approximate surface area is 133 Å². The largest absolute Gasteiger partial charge is 0.397 e. The number of nitrogens with two attached hydrogens (primary N) is 1. The van der Waals surface area contributed by atoms with Gasteiger partial charge in [-0.15, -0.1) is 0 Å². The zero-order valence-corrected chi connectivity index (χ0v) is 14.6. The molecule has 5 heteroatoms. The Morgan fingerprint density at radius 2 is 1.86 bits per heavy atom. The molecule has 0 spiro atoms. The first-order valence-electron chi connectivity index (χ1n) is 7.72.